The van der Waals surface area contributed by atoms with Crippen LogP contribution < -0.4 is 5.32 Å². The van der Waals surface area contributed by atoms with Crippen LogP contribution in [0, 0.1) is 6.92 Å². The molecule has 0 amide bonds. The number of nitrogens with one attached hydrogen (secondary N) is 1. The van der Waals surface area contributed by atoms with E-state index in [0.717, 1.165) is 59.2 Å². The molecule has 1 spiro atoms. The molecule has 5 nitrogen and oxygen atoms in total. The number of pyridine rings is 1. The quantitative estimate of drug-likeness (QED) is 0.395. The molecule has 1 N–H and O–H groups in total. The number of piperidine rings is 1. The smallest absolute Gasteiger partial charge is 0.198 e. The van der Waals surface area contributed by atoms with Gasteiger partial charge in [-0.25, -0.2) is 0 Å². The zero-order valence-electron chi connectivity index (χ0n) is 19.1. The first-order valence-electron chi connectivity index (χ1n) is 11.8. The van der Waals surface area contributed by atoms with Gasteiger partial charge in [-0.05, 0) is 73.8 Å². The van der Waals surface area contributed by atoms with Gasteiger partial charge in [0, 0.05) is 40.6 Å². The number of carbonyl (C=O) groups is 1. The molecule has 0 radical (unpaired) electrons. The van der Waals surface area contributed by atoms with Gasteiger partial charge in [0.25, 0.3) is 0 Å². The molecule has 34 heavy (non-hydrogen) atoms. The molecule has 0 aliphatic carbocycles. The second-order valence-electron chi connectivity index (χ2n) is 9.33. The third kappa shape index (κ3) is 3.56. The molecule has 6 heteroatoms. The molecular formula is C28H26ClN3O2. The summed E-state index contributed by atoms with van der Waals surface area (Å²) in [4.78, 5) is 18.4. The summed E-state index contributed by atoms with van der Waals surface area (Å²) < 4.78 is 8.76. The van der Waals surface area contributed by atoms with Crippen LogP contribution in [-0.4, -0.2) is 28.4 Å². The zero-order valence-corrected chi connectivity index (χ0v) is 19.8. The van der Waals surface area contributed by atoms with Crippen LogP contribution in [0.4, 0.5) is 0 Å². The lowest BCUT2D eigenvalue weighted by atomic mass is 9.84. The normalized spacial score (nSPS) is 18.9. The number of fused-ring (bicyclic) bond motifs is 3. The van der Waals surface area contributed by atoms with Crippen molar-refractivity contribution in [2.75, 3.05) is 13.1 Å². The highest BCUT2D eigenvalue weighted by atomic mass is 35.5. The molecule has 4 aromatic rings. The maximum Gasteiger partial charge on any atom is 0.198 e. The number of carbonyl (C=O) groups excluding carboxylic acids is 1. The number of ether oxygens (including phenoxy) is 1. The maximum absolute atomic E-state index is 14.1. The van der Waals surface area contributed by atoms with Gasteiger partial charge in [-0.3, -0.25) is 9.78 Å². The fraction of sp³-hybridized carbons (Fsp3) is 0.286. The molecule has 2 aliphatic rings. The number of aryl methyl sites for hydroxylation is 1. The largest absolute Gasteiger partial charge is 0.354 e. The average molecular weight is 472 g/mol. The Bertz CT molecular complexity index is 1400. The van der Waals surface area contributed by atoms with Crippen LogP contribution in [-0.2, 0) is 16.9 Å². The lowest BCUT2D eigenvalue weighted by Crippen LogP contribution is -2.40. The number of Topliss-reactive ketones (excluding diaryl/α,β-unsaturated/α-hetero) is 1. The molecule has 0 saturated carbocycles. The second kappa shape index (κ2) is 8.35. The van der Waals surface area contributed by atoms with Gasteiger partial charge in [-0.15, -0.1) is 0 Å². The summed E-state index contributed by atoms with van der Waals surface area (Å²) in [7, 11) is 0. The van der Waals surface area contributed by atoms with Gasteiger partial charge in [-0.1, -0.05) is 41.9 Å². The topological polar surface area (TPSA) is 56.1 Å². The second-order valence-corrected chi connectivity index (χ2v) is 9.77. The van der Waals surface area contributed by atoms with E-state index >= 15 is 0 Å². The van der Waals surface area contributed by atoms with Crippen LogP contribution in [0.25, 0.3) is 10.9 Å². The van der Waals surface area contributed by atoms with Crippen molar-refractivity contribution in [1.29, 1.82) is 0 Å². The highest BCUT2D eigenvalue weighted by Gasteiger charge is 2.48. The lowest BCUT2D eigenvalue weighted by molar-refractivity contribution is -0.0805. The third-order valence-corrected chi connectivity index (χ3v) is 7.39. The van der Waals surface area contributed by atoms with E-state index in [0.29, 0.717) is 17.1 Å². The molecule has 1 saturated heterocycles. The third-order valence-electron chi connectivity index (χ3n) is 7.15. The summed E-state index contributed by atoms with van der Waals surface area (Å²) in [6.07, 6.45) is 4.90. The Labute approximate surface area is 203 Å². The first-order chi connectivity index (χ1) is 16.5. The number of ketones is 1. The Morgan fingerprint density at radius 2 is 2.00 bits per heavy atom. The fourth-order valence-electron chi connectivity index (χ4n) is 5.54. The molecule has 172 valence electrons. The molecule has 0 bridgehead atoms. The number of hydrogen-bond acceptors (Lipinski definition) is 4. The predicted octanol–water partition coefficient (Wildman–Crippen LogP) is 5.58. The summed E-state index contributed by atoms with van der Waals surface area (Å²) in [5.41, 5.74) is 5.46. The van der Waals surface area contributed by atoms with E-state index < -0.39 is 11.7 Å². The number of halogens is 1. The van der Waals surface area contributed by atoms with Gasteiger partial charge < -0.3 is 14.6 Å². The first-order valence-corrected chi connectivity index (χ1v) is 12.1. The van der Waals surface area contributed by atoms with Crippen molar-refractivity contribution in [3.05, 3.63) is 100.0 Å². The van der Waals surface area contributed by atoms with E-state index in [2.05, 4.69) is 27.0 Å². The van der Waals surface area contributed by atoms with Crippen molar-refractivity contribution in [2.24, 2.45) is 0 Å². The summed E-state index contributed by atoms with van der Waals surface area (Å²) in [5.74, 6) is -0.000149. The zero-order chi connectivity index (χ0) is 23.3. The summed E-state index contributed by atoms with van der Waals surface area (Å²) >= 11 is 6.36. The van der Waals surface area contributed by atoms with Gasteiger partial charge in [0.15, 0.2) is 5.78 Å². The van der Waals surface area contributed by atoms with Crippen molar-refractivity contribution in [3.8, 4) is 0 Å². The van der Waals surface area contributed by atoms with E-state index in [-0.39, 0.29) is 5.78 Å². The SMILES string of the molecule is Cc1cc(Cn2cc(C(=O)[C@@H]3OC4(CCNCC4)c4ccccc43)c3ccc(Cl)cc32)ccn1. The summed E-state index contributed by atoms with van der Waals surface area (Å²) in [5, 5.41) is 4.96. The minimum absolute atomic E-state index is 0.000149. The Morgan fingerprint density at radius 3 is 2.82 bits per heavy atom. The number of nitrogens with zero attached hydrogens (tertiary/aromatic N) is 2. The minimum Gasteiger partial charge on any atom is -0.354 e. The van der Waals surface area contributed by atoms with Crippen LogP contribution in [0.3, 0.4) is 0 Å². The maximum atomic E-state index is 14.1. The Hall–Kier alpha value is -2.99. The summed E-state index contributed by atoms with van der Waals surface area (Å²) in [6, 6.07) is 18.0. The minimum atomic E-state index is -0.604. The standard InChI is InChI=1S/C28H26ClN3O2/c1-18-14-19(8-11-31-18)16-32-17-23(21-7-6-20(29)15-25(21)32)26(33)27-22-4-2-3-5-24(22)28(34-27)9-12-30-13-10-28/h2-8,11,14-15,17,27,30H,9-10,12-13,16H2,1H3/t27-/m1/s1. The molecule has 4 heterocycles. The van der Waals surface area contributed by atoms with Crippen LogP contribution in [0.1, 0.15) is 51.7 Å². The van der Waals surface area contributed by atoms with E-state index in [1.54, 1.807) is 0 Å². The van der Waals surface area contributed by atoms with E-state index in [4.69, 9.17) is 16.3 Å². The molecule has 2 aliphatic heterocycles. The molecule has 2 aromatic heterocycles. The van der Waals surface area contributed by atoms with Crippen LogP contribution in [0.15, 0.2) is 67.0 Å². The van der Waals surface area contributed by atoms with Gasteiger partial charge in [0.2, 0.25) is 0 Å². The summed E-state index contributed by atoms with van der Waals surface area (Å²) in [6.45, 7) is 4.39. The van der Waals surface area contributed by atoms with E-state index in [1.165, 1.54) is 0 Å². The van der Waals surface area contributed by atoms with Crippen molar-refractivity contribution in [2.45, 2.75) is 38.0 Å². The fourth-order valence-corrected chi connectivity index (χ4v) is 5.70. The Kier molecular flexibility index (Phi) is 5.29. The van der Waals surface area contributed by atoms with Gasteiger partial charge in [0.1, 0.15) is 6.10 Å². The number of benzene rings is 2. The molecule has 0 unspecified atom stereocenters. The Morgan fingerprint density at radius 1 is 1.18 bits per heavy atom. The van der Waals surface area contributed by atoms with Gasteiger partial charge in [-0.2, -0.15) is 0 Å². The molecule has 1 atom stereocenters. The van der Waals surface area contributed by atoms with Crippen LogP contribution in [0.2, 0.25) is 5.02 Å². The Balaban J connectivity index is 1.43. The van der Waals surface area contributed by atoms with Crippen LogP contribution >= 0.6 is 11.6 Å². The average Bonchev–Trinajstić information content (AvgIpc) is 3.35. The van der Waals surface area contributed by atoms with Crippen molar-refractivity contribution < 1.29 is 9.53 Å². The molecular weight excluding hydrogens is 446 g/mol. The molecule has 2 aromatic carbocycles. The van der Waals surface area contributed by atoms with E-state index in [1.807, 2.05) is 61.8 Å². The number of rotatable bonds is 4. The van der Waals surface area contributed by atoms with Crippen LogP contribution in [0.5, 0.6) is 0 Å². The number of hydrogen-bond donors (Lipinski definition) is 1. The molecule has 1 fully saturated rings. The van der Waals surface area contributed by atoms with E-state index in [9.17, 15) is 4.79 Å². The molecule has 6 rings (SSSR count). The highest BCUT2D eigenvalue weighted by Crippen LogP contribution is 2.49. The monoisotopic (exact) mass is 471 g/mol. The predicted molar refractivity (Wildman–Crippen MR) is 133 cm³/mol. The lowest BCUT2D eigenvalue weighted by Gasteiger charge is -2.34. The first kappa shape index (κ1) is 21.5. The van der Waals surface area contributed by atoms with Crippen molar-refractivity contribution >= 4 is 28.3 Å². The van der Waals surface area contributed by atoms with Crippen molar-refractivity contribution in [1.82, 2.24) is 14.9 Å². The number of aromatic nitrogens is 2. The highest BCUT2D eigenvalue weighted by molar-refractivity contribution is 6.31. The van der Waals surface area contributed by atoms with Gasteiger partial charge in [0.05, 0.1) is 11.1 Å². The van der Waals surface area contributed by atoms with Crippen molar-refractivity contribution in [3.63, 3.8) is 0 Å². The van der Waals surface area contributed by atoms with Gasteiger partial charge >= 0.3 is 0 Å².